The quantitative estimate of drug-likeness (QED) is 0.253. The number of alkyl halides is 4. The Hall–Kier alpha value is -6.27. The van der Waals surface area contributed by atoms with E-state index in [0.29, 0.717) is 88.4 Å². The van der Waals surface area contributed by atoms with Gasteiger partial charge in [-0.2, -0.15) is 38.3 Å². The third-order valence-electron chi connectivity index (χ3n) is 9.93. The van der Waals surface area contributed by atoms with Crippen LogP contribution in [0, 0.1) is 22.7 Å². The molecule has 4 aliphatic rings. The third-order valence-corrected chi connectivity index (χ3v) is 9.93. The third kappa shape index (κ3) is 7.33. The second-order valence-corrected chi connectivity index (χ2v) is 13.0. The molecule has 0 unspecified atom stereocenters. The van der Waals surface area contributed by atoms with Gasteiger partial charge in [0.1, 0.15) is 12.1 Å². The van der Waals surface area contributed by atoms with Crippen LogP contribution in [0.15, 0.2) is 49.3 Å². The molecular formula is C37H36F4N12O2. The van der Waals surface area contributed by atoms with E-state index < -0.39 is 13.1 Å². The normalized spacial score (nSPS) is 16.6. The molecule has 14 nitrogen and oxygen atoms in total. The summed E-state index contributed by atoms with van der Waals surface area (Å²) in [6, 6.07) is 8.27. The van der Waals surface area contributed by atoms with Gasteiger partial charge in [0.25, 0.3) is 0 Å². The number of anilines is 2. The van der Waals surface area contributed by atoms with Crippen molar-refractivity contribution in [1.82, 2.24) is 39.7 Å². The van der Waals surface area contributed by atoms with E-state index in [1.165, 1.54) is 24.8 Å². The average molecular weight is 757 g/mol. The zero-order valence-corrected chi connectivity index (χ0v) is 29.8. The molecule has 0 saturated carbocycles. The molecular weight excluding hydrogens is 720 g/mol. The van der Waals surface area contributed by atoms with Gasteiger partial charge in [-0.25, -0.2) is 14.2 Å². The number of amides is 1. The average Bonchev–Trinajstić information content (AvgIpc) is 4.02. The predicted octanol–water partition coefficient (Wildman–Crippen LogP) is 5.02. The highest BCUT2D eigenvalue weighted by molar-refractivity contribution is 6.06. The zero-order chi connectivity index (χ0) is 38.6. The van der Waals surface area contributed by atoms with Crippen molar-refractivity contribution in [2.45, 2.75) is 32.9 Å². The fourth-order valence-electron chi connectivity index (χ4n) is 7.33. The van der Waals surface area contributed by atoms with Gasteiger partial charge in [0.05, 0.1) is 41.5 Å². The summed E-state index contributed by atoms with van der Waals surface area (Å²) in [4.78, 5) is 26.8. The van der Waals surface area contributed by atoms with Crippen molar-refractivity contribution in [3.63, 3.8) is 0 Å². The summed E-state index contributed by atoms with van der Waals surface area (Å²) in [5.41, 5.74) is 8.25. The topological polar surface area (TPSA) is 157 Å². The molecule has 4 aromatic rings. The maximum Gasteiger partial charge on any atom is 0.409 e. The minimum Gasteiger partial charge on any atom is -0.450 e. The molecule has 1 amide bonds. The smallest absolute Gasteiger partial charge is 0.409 e. The number of halogens is 4. The van der Waals surface area contributed by atoms with Crippen molar-refractivity contribution in [3.8, 4) is 12.1 Å². The van der Waals surface area contributed by atoms with E-state index in [9.17, 15) is 32.9 Å². The first-order valence-electron chi connectivity index (χ1n) is 17.7. The number of aromatic nitrogens is 6. The van der Waals surface area contributed by atoms with E-state index >= 15 is 0 Å². The summed E-state index contributed by atoms with van der Waals surface area (Å²) < 4.78 is 57.7. The van der Waals surface area contributed by atoms with E-state index in [1.54, 1.807) is 24.2 Å². The lowest BCUT2D eigenvalue weighted by molar-refractivity contribution is 0.0561. The van der Waals surface area contributed by atoms with Gasteiger partial charge < -0.3 is 24.8 Å². The van der Waals surface area contributed by atoms with Crippen molar-refractivity contribution < 1.29 is 27.1 Å². The van der Waals surface area contributed by atoms with Crippen LogP contribution in [0.5, 0.6) is 0 Å². The van der Waals surface area contributed by atoms with Crippen LogP contribution < -0.4 is 15.1 Å². The van der Waals surface area contributed by atoms with Gasteiger partial charge in [-0.05, 0) is 30.2 Å². The molecule has 1 N–H and O–H groups in total. The molecule has 0 spiro atoms. The van der Waals surface area contributed by atoms with Gasteiger partial charge in [0, 0.05) is 124 Å². The standard InChI is InChI=1S/C20H20F2N6O2.C17H16F2N6/c1-2-30-20(29)27-7-5-26(6-8-27)17-3-4-24-16-9-14(15(10-23)18(16)17)13-11-25-28(12-13)19(21)22;18-17(19)25-10-11(9-23-25)12-7-14-16(13(12)8-20)15(1-2-22-14)24-5-3-21-4-6-24/h3-4,11-12,19H,2,5-9H2,1H3;1-2,9-10,17,21H,3-7H2. The van der Waals surface area contributed by atoms with Crippen molar-refractivity contribution >= 4 is 39.8 Å². The van der Waals surface area contributed by atoms with Gasteiger partial charge in [0.2, 0.25) is 0 Å². The summed E-state index contributed by atoms with van der Waals surface area (Å²) >= 11 is 0. The molecule has 18 heteroatoms. The van der Waals surface area contributed by atoms with Crippen LogP contribution in [0.3, 0.4) is 0 Å². The first-order chi connectivity index (χ1) is 26.7. The Morgan fingerprint density at radius 1 is 0.782 bits per heavy atom. The number of rotatable bonds is 7. The highest BCUT2D eigenvalue weighted by Crippen LogP contribution is 2.43. The fraction of sp³-hybridized carbons (Fsp3) is 0.378. The lowest BCUT2D eigenvalue weighted by Gasteiger charge is -2.36. The number of hydrogen-bond acceptors (Lipinski definition) is 11. The Labute approximate surface area is 313 Å². The summed E-state index contributed by atoms with van der Waals surface area (Å²) in [6.45, 7) is 2.35. The van der Waals surface area contributed by atoms with Crippen molar-refractivity contribution in [3.05, 3.63) is 83.0 Å². The molecule has 0 atom stereocenters. The highest BCUT2D eigenvalue weighted by atomic mass is 19.3. The number of nitriles is 2. The maximum absolute atomic E-state index is 12.9. The largest absolute Gasteiger partial charge is 0.450 e. The molecule has 2 aliphatic carbocycles. The van der Waals surface area contributed by atoms with Crippen LogP contribution in [-0.4, -0.2) is 99.5 Å². The lowest BCUT2D eigenvalue weighted by atomic mass is 10.0. The molecule has 284 valence electrons. The van der Waals surface area contributed by atoms with Crippen LogP contribution in [0.2, 0.25) is 0 Å². The monoisotopic (exact) mass is 756 g/mol. The molecule has 2 saturated heterocycles. The molecule has 55 heavy (non-hydrogen) atoms. The van der Waals surface area contributed by atoms with E-state index in [-0.39, 0.29) is 6.09 Å². The van der Waals surface area contributed by atoms with Gasteiger partial charge in [-0.15, -0.1) is 0 Å². The number of carbonyl (C=O) groups is 1. The Bertz CT molecular complexity index is 2220. The number of allylic oxidation sites excluding steroid dienone is 4. The van der Waals surface area contributed by atoms with Crippen molar-refractivity contribution in [2.24, 2.45) is 0 Å². The maximum atomic E-state index is 12.9. The van der Waals surface area contributed by atoms with Crippen LogP contribution in [0.25, 0.3) is 22.3 Å². The summed E-state index contributed by atoms with van der Waals surface area (Å²) in [5, 5.41) is 30.3. The number of nitrogens with zero attached hydrogens (tertiary/aromatic N) is 11. The van der Waals surface area contributed by atoms with E-state index in [2.05, 4.69) is 47.4 Å². The number of carbonyl (C=O) groups excluding carboxylic acids is 1. The predicted molar refractivity (Wildman–Crippen MR) is 194 cm³/mol. The van der Waals surface area contributed by atoms with Crippen LogP contribution in [0.4, 0.5) is 33.7 Å². The van der Waals surface area contributed by atoms with Crippen molar-refractivity contribution in [2.75, 3.05) is 68.8 Å². The van der Waals surface area contributed by atoms with Gasteiger partial charge in [-0.1, -0.05) is 0 Å². The number of hydrogen-bond donors (Lipinski definition) is 1. The fourth-order valence-corrected chi connectivity index (χ4v) is 7.33. The van der Waals surface area contributed by atoms with Gasteiger partial charge in [0.15, 0.2) is 0 Å². The van der Waals surface area contributed by atoms with E-state index in [4.69, 9.17) is 4.74 Å². The molecule has 0 radical (unpaired) electrons. The van der Waals surface area contributed by atoms with Gasteiger partial charge >= 0.3 is 19.2 Å². The van der Waals surface area contributed by atoms with E-state index in [1.807, 2.05) is 12.1 Å². The first-order valence-corrected chi connectivity index (χ1v) is 17.7. The zero-order valence-electron chi connectivity index (χ0n) is 29.8. The number of pyridine rings is 2. The number of nitrogens with one attached hydrogen (secondary N) is 1. The number of piperazine rings is 2. The molecule has 2 fully saturated rings. The molecule has 2 aliphatic heterocycles. The molecule has 8 rings (SSSR count). The summed E-state index contributed by atoms with van der Waals surface area (Å²) in [6.07, 6.45) is 9.21. The van der Waals surface area contributed by atoms with E-state index in [0.717, 1.165) is 60.1 Å². The Kier molecular flexibility index (Phi) is 10.8. The van der Waals surface area contributed by atoms with Crippen LogP contribution in [-0.2, 0) is 17.6 Å². The van der Waals surface area contributed by atoms with Crippen LogP contribution in [0.1, 0.15) is 53.7 Å². The molecule has 4 aromatic heterocycles. The Morgan fingerprint density at radius 2 is 1.25 bits per heavy atom. The highest BCUT2D eigenvalue weighted by Gasteiger charge is 2.32. The summed E-state index contributed by atoms with van der Waals surface area (Å²) in [5.74, 6) is 0. The Balaban J connectivity index is 0.000000172. The Morgan fingerprint density at radius 3 is 1.67 bits per heavy atom. The number of fused-ring (bicyclic) bond motifs is 2. The second kappa shape index (κ2) is 16.0. The molecule has 0 aromatic carbocycles. The molecule has 0 bridgehead atoms. The summed E-state index contributed by atoms with van der Waals surface area (Å²) in [7, 11) is 0. The minimum absolute atomic E-state index is 0.326. The lowest BCUT2D eigenvalue weighted by Crippen LogP contribution is -2.49. The SMILES string of the molecule is CCOC(=O)N1CCN(c2ccnc3c2C(C#N)=C(c2cnn(C(F)F)c2)C3)CC1.N#CC1=C(c2cnn(C(F)F)c2)Cc2nccc(N3CCNCC3)c21. The van der Waals surface area contributed by atoms with Crippen LogP contribution >= 0.6 is 0 Å². The number of ether oxygens (including phenoxy) is 1. The second-order valence-electron chi connectivity index (χ2n) is 13.0. The molecule has 6 heterocycles. The first kappa shape index (κ1) is 37.1. The van der Waals surface area contributed by atoms with Crippen molar-refractivity contribution in [1.29, 1.82) is 10.5 Å². The minimum atomic E-state index is -2.74. The van der Waals surface area contributed by atoms with Gasteiger partial charge in [-0.3, -0.25) is 9.97 Å².